The highest BCUT2D eigenvalue weighted by Gasteiger charge is 2.18. The second-order valence-corrected chi connectivity index (χ2v) is 4.41. The molecule has 5 nitrogen and oxygen atoms in total. The Balaban J connectivity index is 2.97. The van der Waals surface area contributed by atoms with Crippen LogP contribution in [0.4, 0.5) is 5.69 Å². The SMILES string of the molecule is CCCCN(C)C(=O)c1cc([N+](=O)[O-])ccc1Cl. The van der Waals surface area contributed by atoms with Gasteiger partial charge in [-0.1, -0.05) is 24.9 Å². The third-order valence-corrected chi connectivity index (χ3v) is 2.91. The second kappa shape index (κ2) is 6.35. The molecule has 0 aliphatic carbocycles. The number of nitrogens with zero attached hydrogens (tertiary/aromatic N) is 2. The van der Waals surface area contributed by atoms with Gasteiger partial charge < -0.3 is 4.90 Å². The Kier molecular flexibility index (Phi) is 5.09. The molecule has 18 heavy (non-hydrogen) atoms. The number of unbranched alkanes of at least 4 members (excludes halogenated alkanes) is 1. The monoisotopic (exact) mass is 270 g/mol. The van der Waals surface area contributed by atoms with Gasteiger partial charge in [-0.25, -0.2) is 0 Å². The Morgan fingerprint density at radius 1 is 1.50 bits per heavy atom. The Morgan fingerprint density at radius 2 is 2.17 bits per heavy atom. The number of nitro groups is 1. The van der Waals surface area contributed by atoms with Gasteiger partial charge in [-0.05, 0) is 12.5 Å². The summed E-state index contributed by atoms with van der Waals surface area (Å²) in [5, 5.41) is 10.9. The Bertz CT molecular complexity index is 463. The summed E-state index contributed by atoms with van der Waals surface area (Å²) in [6, 6.07) is 3.87. The van der Waals surface area contributed by atoms with E-state index in [9.17, 15) is 14.9 Å². The minimum absolute atomic E-state index is 0.133. The zero-order valence-electron chi connectivity index (χ0n) is 10.4. The lowest BCUT2D eigenvalue weighted by atomic mass is 10.1. The van der Waals surface area contributed by atoms with Gasteiger partial charge in [0.1, 0.15) is 0 Å². The van der Waals surface area contributed by atoms with Crippen LogP contribution in [0, 0.1) is 10.1 Å². The van der Waals surface area contributed by atoms with Crippen LogP contribution in [-0.2, 0) is 0 Å². The van der Waals surface area contributed by atoms with Crippen molar-refractivity contribution in [2.24, 2.45) is 0 Å². The summed E-state index contributed by atoms with van der Waals surface area (Å²) in [7, 11) is 1.66. The molecule has 0 aromatic heterocycles. The van der Waals surface area contributed by atoms with Crippen LogP contribution in [0.5, 0.6) is 0 Å². The molecule has 98 valence electrons. The Morgan fingerprint density at radius 3 is 2.72 bits per heavy atom. The van der Waals surface area contributed by atoms with Crippen molar-refractivity contribution >= 4 is 23.2 Å². The number of nitro benzene ring substituents is 1. The van der Waals surface area contributed by atoms with Crippen LogP contribution in [0.15, 0.2) is 18.2 Å². The van der Waals surface area contributed by atoms with Gasteiger partial charge >= 0.3 is 0 Å². The first-order chi connectivity index (χ1) is 8.47. The van der Waals surface area contributed by atoms with E-state index in [1.54, 1.807) is 7.05 Å². The summed E-state index contributed by atoms with van der Waals surface area (Å²) in [6.07, 6.45) is 1.86. The van der Waals surface area contributed by atoms with Gasteiger partial charge in [0, 0.05) is 25.7 Å². The summed E-state index contributed by atoms with van der Waals surface area (Å²) >= 11 is 5.90. The maximum absolute atomic E-state index is 12.1. The molecule has 0 unspecified atom stereocenters. The molecule has 0 aliphatic heterocycles. The number of hydrogen-bond acceptors (Lipinski definition) is 3. The van der Waals surface area contributed by atoms with Crippen molar-refractivity contribution in [3.63, 3.8) is 0 Å². The van der Waals surface area contributed by atoms with Gasteiger partial charge in [0.15, 0.2) is 0 Å². The number of halogens is 1. The fraction of sp³-hybridized carbons (Fsp3) is 0.417. The van der Waals surface area contributed by atoms with E-state index in [4.69, 9.17) is 11.6 Å². The highest BCUT2D eigenvalue weighted by Crippen LogP contribution is 2.23. The van der Waals surface area contributed by atoms with Crippen LogP contribution in [0.3, 0.4) is 0 Å². The number of amides is 1. The average Bonchev–Trinajstić information content (AvgIpc) is 2.35. The lowest BCUT2D eigenvalue weighted by molar-refractivity contribution is -0.384. The van der Waals surface area contributed by atoms with Crippen molar-refractivity contribution in [2.45, 2.75) is 19.8 Å². The van der Waals surface area contributed by atoms with E-state index in [2.05, 4.69) is 0 Å². The molecule has 0 saturated heterocycles. The molecule has 0 fully saturated rings. The van der Waals surface area contributed by atoms with Crippen LogP contribution in [0.2, 0.25) is 5.02 Å². The largest absolute Gasteiger partial charge is 0.342 e. The molecule has 0 radical (unpaired) electrons. The van der Waals surface area contributed by atoms with E-state index < -0.39 is 4.92 Å². The third-order valence-electron chi connectivity index (χ3n) is 2.58. The number of hydrogen-bond donors (Lipinski definition) is 0. The van der Waals surface area contributed by atoms with E-state index in [0.717, 1.165) is 12.8 Å². The molecule has 1 rings (SSSR count). The topological polar surface area (TPSA) is 63.5 Å². The summed E-state index contributed by atoms with van der Waals surface area (Å²) in [4.78, 5) is 23.7. The van der Waals surface area contributed by atoms with Gasteiger partial charge in [-0.15, -0.1) is 0 Å². The van der Waals surface area contributed by atoms with E-state index in [1.165, 1.54) is 23.1 Å². The highest BCUT2D eigenvalue weighted by molar-refractivity contribution is 6.33. The smallest absolute Gasteiger partial charge is 0.270 e. The molecule has 1 aromatic rings. The molecule has 0 N–H and O–H groups in total. The number of non-ortho nitro benzene ring substituents is 1. The number of benzene rings is 1. The highest BCUT2D eigenvalue weighted by atomic mass is 35.5. The van der Waals surface area contributed by atoms with Crippen molar-refractivity contribution in [2.75, 3.05) is 13.6 Å². The number of carbonyl (C=O) groups excluding carboxylic acids is 1. The first-order valence-corrected chi connectivity index (χ1v) is 6.04. The molecule has 0 spiro atoms. The Labute approximate surface area is 110 Å². The standard InChI is InChI=1S/C12H15ClN2O3/c1-3-4-7-14(2)12(16)10-8-9(15(17)18)5-6-11(10)13/h5-6,8H,3-4,7H2,1-2H3. The van der Waals surface area contributed by atoms with Gasteiger partial charge in [0.05, 0.1) is 15.5 Å². The maximum Gasteiger partial charge on any atom is 0.270 e. The normalized spacial score (nSPS) is 10.2. The van der Waals surface area contributed by atoms with E-state index in [0.29, 0.717) is 6.54 Å². The van der Waals surface area contributed by atoms with Crippen molar-refractivity contribution in [1.82, 2.24) is 4.90 Å². The molecular formula is C12H15ClN2O3. The van der Waals surface area contributed by atoms with Crippen molar-refractivity contribution in [3.8, 4) is 0 Å². The predicted octanol–water partition coefficient (Wildman–Crippen LogP) is 3.12. The molecule has 6 heteroatoms. The summed E-state index contributed by atoms with van der Waals surface area (Å²) in [5.41, 5.74) is 0.0381. The van der Waals surface area contributed by atoms with Crippen LogP contribution >= 0.6 is 11.6 Å². The van der Waals surface area contributed by atoms with Crippen molar-refractivity contribution < 1.29 is 9.72 Å². The summed E-state index contributed by atoms with van der Waals surface area (Å²) in [5.74, 6) is -0.294. The van der Waals surface area contributed by atoms with Gasteiger partial charge in [0.2, 0.25) is 0 Å². The molecule has 0 bridgehead atoms. The number of rotatable bonds is 5. The minimum Gasteiger partial charge on any atom is -0.342 e. The average molecular weight is 271 g/mol. The zero-order chi connectivity index (χ0) is 13.7. The van der Waals surface area contributed by atoms with Gasteiger partial charge in [0.25, 0.3) is 11.6 Å². The first-order valence-electron chi connectivity index (χ1n) is 5.66. The fourth-order valence-electron chi connectivity index (χ4n) is 1.49. The van der Waals surface area contributed by atoms with E-state index in [1.807, 2.05) is 6.92 Å². The van der Waals surface area contributed by atoms with E-state index >= 15 is 0 Å². The predicted molar refractivity (Wildman–Crippen MR) is 70.0 cm³/mol. The van der Waals surface area contributed by atoms with Gasteiger partial charge in [-0.3, -0.25) is 14.9 Å². The fourth-order valence-corrected chi connectivity index (χ4v) is 1.69. The second-order valence-electron chi connectivity index (χ2n) is 4.00. The third kappa shape index (κ3) is 3.43. The molecule has 0 atom stereocenters. The van der Waals surface area contributed by atoms with Crippen LogP contribution in [-0.4, -0.2) is 29.3 Å². The van der Waals surface area contributed by atoms with Gasteiger partial charge in [-0.2, -0.15) is 0 Å². The first kappa shape index (κ1) is 14.4. The zero-order valence-corrected chi connectivity index (χ0v) is 11.1. The summed E-state index contributed by atoms with van der Waals surface area (Å²) < 4.78 is 0. The molecule has 1 aromatic carbocycles. The van der Waals surface area contributed by atoms with Crippen LogP contribution in [0.1, 0.15) is 30.1 Å². The lowest BCUT2D eigenvalue weighted by Crippen LogP contribution is -2.28. The quantitative estimate of drug-likeness (QED) is 0.610. The minimum atomic E-state index is -0.543. The summed E-state index contributed by atoms with van der Waals surface area (Å²) in [6.45, 7) is 2.63. The number of carbonyl (C=O) groups is 1. The van der Waals surface area contributed by atoms with Crippen LogP contribution < -0.4 is 0 Å². The molecule has 1 amide bonds. The Hall–Kier alpha value is -1.62. The molecular weight excluding hydrogens is 256 g/mol. The van der Waals surface area contributed by atoms with Crippen molar-refractivity contribution in [1.29, 1.82) is 0 Å². The molecule has 0 saturated carbocycles. The maximum atomic E-state index is 12.1. The molecule has 0 aliphatic rings. The van der Waals surface area contributed by atoms with Crippen molar-refractivity contribution in [3.05, 3.63) is 38.9 Å². The van der Waals surface area contributed by atoms with E-state index in [-0.39, 0.29) is 22.2 Å². The molecule has 0 heterocycles. The lowest BCUT2D eigenvalue weighted by Gasteiger charge is -2.17. The van der Waals surface area contributed by atoms with Crippen LogP contribution in [0.25, 0.3) is 0 Å².